The molecule has 432 valence electrons. The number of fused-ring (bicyclic) bond motifs is 2. The number of anilines is 3. The highest BCUT2D eigenvalue weighted by atomic mass is 16.5. The molecule has 9 aromatic rings. The third-order valence-corrected chi connectivity index (χ3v) is 15.6. The van der Waals surface area contributed by atoms with Gasteiger partial charge >= 0.3 is 11.9 Å². The number of aromatic nitrogens is 4. The Kier molecular flexibility index (Phi) is 20.0. The molecule has 0 aliphatic heterocycles. The van der Waals surface area contributed by atoms with Gasteiger partial charge in [0.25, 0.3) is 0 Å². The predicted octanol–water partition coefficient (Wildman–Crippen LogP) is 18.3. The smallest absolute Gasteiger partial charge is 0.346 e. The standard InChI is InChI=1S/C73H75N7O5/c1-6-11-43-76-56(35-37-62(76)48-54(50-74)72(81)82)31-33-58-39-41-68(78(58)45-13-8-3)52-23-27-60(28-24-52)80(70-64-19-15-17-21-66(64)71(85-47-10-5)67-22-18-16-20-65(67)70)61-29-25-53(26-30-61)69-42-40-59(79(69)46-14-9-4)34-32-57-36-38-63(77(57)44-12-7-2)49-55(51-75)73(83)84/h15-42,48-49H,6-14,43-47H2,1-5H3,(H,81,82)(H,83,84)/b33-31+,34-32+,54-48+,55-49+. The van der Waals surface area contributed by atoms with Gasteiger partial charge in [-0.25, -0.2) is 9.59 Å². The number of nitriles is 2. The Morgan fingerprint density at radius 2 is 0.788 bits per heavy atom. The van der Waals surface area contributed by atoms with E-state index in [0.717, 1.165) is 161 Å². The van der Waals surface area contributed by atoms with Crippen molar-refractivity contribution >= 4 is 87.0 Å². The lowest BCUT2D eigenvalue weighted by molar-refractivity contribution is -0.133. The molecular weight excluding hydrogens is 1050 g/mol. The molecule has 0 saturated carbocycles. The summed E-state index contributed by atoms with van der Waals surface area (Å²) in [6.45, 7) is 14.4. The van der Waals surface area contributed by atoms with Gasteiger partial charge in [-0.2, -0.15) is 10.5 Å². The number of aliphatic carboxylic acids is 2. The fraction of sp³-hybridized carbons (Fsp3) is 0.260. The van der Waals surface area contributed by atoms with Crippen LogP contribution in [0.25, 0.3) is 80.5 Å². The molecule has 85 heavy (non-hydrogen) atoms. The average Bonchev–Trinajstić information content (AvgIpc) is 2.62. The zero-order chi connectivity index (χ0) is 59.8. The first kappa shape index (κ1) is 59.8. The van der Waals surface area contributed by atoms with E-state index < -0.39 is 11.9 Å². The van der Waals surface area contributed by atoms with Crippen LogP contribution in [0.2, 0.25) is 0 Å². The molecule has 0 amide bonds. The highest BCUT2D eigenvalue weighted by Gasteiger charge is 2.24. The minimum atomic E-state index is -1.24. The number of unbranched alkanes of at least 4 members (excludes halogenated alkanes) is 4. The van der Waals surface area contributed by atoms with Crippen LogP contribution in [0.1, 0.15) is 127 Å². The molecule has 4 aromatic heterocycles. The molecule has 12 nitrogen and oxygen atoms in total. The molecule has 0 spiro atoms. The Morgan fingerprint density at radius 3 is 1.14 bits per heavy atom. The Balaban J connectivity index is 1.12. The van der Waals surface area contributed by atoms with Crippen LogP contribution in [0, 0.1) is 22.7 Å². The van der Waals surface area contributed by atoms with Crippen molar-refractivity contribution in [3.8, 4) is 40.4 Å². The molecule has 0 radical (unpaired) electrons. The molecule has 0 bridgehead atoms. The molecule has 0 aliphatic rings. The molecule has 5 aromatic carbocycles. The summed E-state index contributed by atoms with van der Waals surface area (Å²) < 4.78 is 15.6. The fourth-order valence-electron chi connectivity index (χ4n) is 11.1. The summed E-state index contributed by atoms with van der Waals surface area (Å²) in [7, 11) is 0. The van der Waals surface area contributed by atoms with Gasteiger partial charge in [-0.05, 0) is 152 Å². The first-order valence-corrected chi connectivity index (χ1v) is 30.0. The van der Waals surface area contributed by atoms with Gasteiger partial charge < -0.3 is 38.1 Å². The van der Waals surface area contributed by atoms with Gasteiger partial charge in [0.15, 0.2) is 0 Å². The maximum Gasteiger partial charge on any atom is 0.346 e. The van der Waals surface area contributed by atoms with Gasteiger partial charge in [0.1, 0.15) is 29.0 Å². The topological polar surface area (TPSA) is 154 Å². The third kappa shape index (κ3) is 13.4. The van der Waals surface area contributed by atoms with Gasteiger partial charge in [-0.1, -0.05) is 133 Å². The molecule has 0 aliphatic carbocycles. The van der Waals surface area contributed by atoms with E-state index in [1.165, 1.54) is 12.2 Å². The molecule has 4 heterocycles. The van der Waals surface area contributed by atoms with Crippen LogP contribution >= 0.6 is 0 Å². The molecular formula is C73H75N7O5. The minimum Gasteiger partial charge on any atom is -0.492 e. The molecule has 0 unspecified atom stereocenters. The minimum absolute atomic E-state index is 0.298. The van der Waals surface area contributed by atoms with Crippen LogP contribution in [-0.2, 0) is 35.8 Å². The summed E-state index contributed by atoms with van der Waals surface area (Å²) in [5, 5.41) is 42.6. The van der Waals surface area contributed by atoms with Crippen LogP contribution in [0.3, 0.4) is 0 Å². The summed E-state index contributed by atoms with van der Waals surface area (Å²) in [6.07, 6.45) is 20.0. The third-order valence-electron chi connectivity index (χ3n) is 15.6. The normalized spacial score (nSPS) is 12.0. The highest BCUT2D eigenvalue weighted by Crippen LogP contribution is 2.48. The predicted molar refractivity (Wildman–Crippen MR) is 348 cm³/mol. The molecule has 12 heteroatoms. The monoisotopic (exact) mass is 1130 g/mol. The van der Waals surface area contributed by atoms with Gasteiger partial charge in [-0.3, -0.25) is 0 Å². The van der Waals surface area contributed by atoms with E-state index in [2.05, 4.69) is 203 Å². The Bertz CT molecular complexity index is 3780. The van der Waals surface area contributed by atoms with Crippen molar-refractivity contribution in [1.82, 2.24) is 18.3 Å². The number of ether oxygens (including phenoxy) is 1. The molecule has 2 N–H and O–H groups in total. The quantitative estimate of drug-likeness (QED) is 0.0279. The summed E-state index contributed by atoms with van der Waals surface area (Å²) in [6, 6.07) is 55.0. The van der Waals surface area contributed by atoms with Gasteiger partial charge in [0.05, 0.1) is 12.3 Å². The number of benzene rings is 5. The Morgan fingerprint density at radius 1 is 0.447 bits per heavy atom. The van der Waals surface area contributed by atoms with E-state index in [0.29, 0.717) is 31.1 Å². The van der Waals surface area contributed by atoms with Crippen LogP contribution in [0.4, 0.5) is 17.1 Å². The van der Waals surface area contributed by atoms with Crippen molar-refractivity contribution in [2.75, 3.05) is 11.5 Å². The highest BCUT2D eigenvalue weighted by molar-refractivity contribution is 6.18. The van der Waals surface area contributed by atoms with Crippen molar-refractivity contribution in [3.05, 3.63) is 191 Å². The molecule has 9 rings (SSSR count). The van der Waals surface area contributed by atoms with Crippen LogP contribution in [0.5, 0.6) is 5.75 Å². The number of nitrogens with zero attached hydrogens (tertiary/aromatic N) is 7. The number of carboxylic acid groups (broad SMARTS) is 2. The van der Waals surface area contributed by atoms with Crippen LogP contribution in [0.15, 0.2) is 157 Å². The van der Waals surface area contributed by atoms with Crippen molar-refractivity contribution in [2.24, 2.45) is 0 Å². The van der Waals surface area contributed by atoms with Gasteiger partial charge in [0.2, 0.25) is 0 Å². The van der Waals surface area contributed by atoms with E-state index in [1.54, 1.807) is 0 Å². The summed E-state index contributed by atoms with van der Waals surface area (Å²) in [5.41, 5.74) is 12.2. The first-order chi connectivity index (χ1) is 41.5. The molecule has 0 atom stereocenters. The van der Waals surface area contributed by atoms with Crippen molar-refractivity contribution in [2.45, 2.75) is 119 Å². The average molecular weight is 1130 g/mol. The van der Waals surface area contributed by atoms with Crippen LogP contribution < -0.4 is 9.64 Å². The van der Waals surface area contributed by atoms with Gasteiger partial charge in [-0.15, -0.1) is 0 Å². The summed E-state index contributed by atoms with van der Waals surface area (Å²) in [4.78, 5) is 26.0. The maximum atomic E-state index is 11.8. The summed E-state index contributed by atoms with van der Waals surface area (Å²) in [5.74, 6) is -1.60. The second-order valence-corrected chi connectivity index (χ2v) is 21.3. The number of rotatable bonds is 28. The van der Waals surface area contributed by atoms with Crippen molar-refractivity contribution < 1.29 is 24.5 Å². The SMILES string of the molecule is CCCCn1c(/C=C/c2ccc(-c3ccc(N(c4ccc(-c5ccc(/C=C/c6ccc(/C=C(\C#N)C(=O)O)n6CCCC)n5CCCC)cc4)c4c5ccccc5c(OCCC)c5ccccc45)cc3)n2CCCC)ccc1/C=C(\C#N)C(=O)O. The zero-order valence-electron chi connectivity index (χ0n) is 49.5. The van der Waals surface area contributed by atoms with Gasteiger partial charge in [0, 0.05) is 105 Å². The number of hydrogen-bond acceptors (Lipinski definition) is 6. The second-order valence-electron chi connectivity index (χ2n) is 21.3. The van der Waals surface area contributed by atoms with Crippen LogP contribution in [-0.4, -0.2) is 47.0 Å². The Labute approximate surface area is 499 Å². The van der Waals surface area contributed by atoms with E-state index in [4.69, 9.17) is 4.74 Å². The van der Waals surface area contributed by atoms with Crippen molar-refractivity contribution in [1.29, 1.82) is 10.5 Å². The zero-order valence-corrected chi connectivity index (χ0v) is 49.5. The number of carboxylic acids is 2. The van der Waals surface area contributed by atoms with E-state index >= 15 is 0 Å². The van der Waals surface area contributed by atoms with Crippen molar-refractivity contribution in [3.63, 3.8) is 0 Å². The largest absolute Gasteiger partial charge is 0.492 e. The summed E-state index contributed by atoms with van der Waals surface area (Å²) >= 11 is 0. The van der Waals surface area contributed by atoms with E-state index in [-0.39, 0.29) is 11.1 Å². The lowest BCUT2D eigenvalue weighted by Gasteiger charge is -2.29. The van der Waals surface area contributed by atoms with E-state index in [1.807, 2.05) is 36.4 Å². The molecule has 0 fully saturated rings. The number of carbonyl (C=O) groups is 2. The molecule has 0 saturated heterocycles. The lowest BCUT2D eigenvalue weighted by atomic mass is 9.97. The maximum absolute atomic E-state index is 11.8. The second kappa shape index (κ2) is 28.5. The number of hydrogen-bond donors (Lipinski definition) is 2. The fourth-order valence-corrected chi connectivity index (χ4v) is 11.1. The first-order valence-electron chi connectivity index (χ1n) is 30.0. The van der Waals surface area contributed by atoms with E-state index in [9.17, 15) is 30.3 Å². The Hall–Kier alpha value is -9.78. The lowest BCUT2D eigenvalue weighted by Crippen LogP contribution is -2.12.